The number of rotatable bonds is 5. The molecule has 2 rings (SSSR count). The van der Waals surface area contributed by atoms with E-state index in [-0.39, 0.29) is 12.3 Å². The highest BCUT2D eigenvalue weighted by atomic mass is 32.2. The van der Waals surface area contributed by atoms with Gasteiger partial charge in [0.05, 0.1) is 23.6 Å². The molecule has 0 fully saturated rings. The van der Waals surface area contributed by atoms with Crippen molar-refractivity contribution in [3.63, 3.8) is 0 Å². The Morgan fingerprint density at radius 3 is 2.40 bits per heavy atom. The van der Waals surface area contributed by atoms with Crippen LogP contribution in [-0.2, 0) is 34.6 Å². The molecule has 0 aliphatic carbocycles. The normalized spacial score (nSPS) is 15.2. The number of anilines is 1. The van der Waals surface area contributed by atoms with E-state index in [9.17, 15) is 31.0 Å². The molecule has 1 heterocycles. The maximum atomic E-state index is 12.0. The van der Waals surface area contributed by atoms with Crippen LogP contribution in [0.5, 0.6) is 0 Å². The van der Waals surface area contributed by atoms with Crippen molar-refractivity contribution in [2.75, 3.05) is 11.6 Å². The van der Waals surface area contributed by atoms with Crippen molar-refractivity contribution in [3.05, 3.63) is 18.2 Å². The molecule has 25 heavy (non-hydrogen) atoms. The Labute approximate surface area is 142 Å². The standard InChI is InChI=1S/C12H12N2O9S2/c1-2-23-12(16)8-6-11(15)14(13-8)9-5-7(24(17,18)19)3-4-10(9)25(20,21)22/h3-5H,2,6H2,1H3,(H,17,18,19)(H,20,21,22). The second-order valence-electron chi connectivity index (χ2n) is 4.73. The lowest BCUT2D eigenvalue weighted by Crippen LogP contribution is -2.22. The summed E-state index contributed by atoms with van der Waals surface area (Å²) < 4.78 is 68.4. The zero-order valence-corrected chi connectivity index (χ0v) is 14.2. The van der Waals surface area contributed by atoms with E-state index in [2.05, 4.69) is 9.84 Å². The van der Waals surface area contributed by atoms with E-state index in [1.54, 1.807) is 0 Å². The number of benzene rings is 1. The summed E-state index contributed by atoms with van der Waals surface area (Å²) in [6, 6.07) is 2.03. The topological polar surface area (TPSA) is 168 Å². The minimum Gasteiger partial charge on any atom is -0.461 e. The Kier molecular flexibility index (Phi) is 4.94. The molecule has 1 aromatic carbocycles. The number of esters is 1. The smallest absolute Gasteiger partial charge is 0.355 e. The largest absolute Gasteiger partial charge is 0.461 e. The van der Waals surface area contributed by atoms with E-state index in [4.69, 9.17) is 4.55 Å². The fraction of sp³-hybridized carbons (Fsp3) is 0.250. The van der Waals surface area contributed by atoms with Crippen LogP contribution in [0.25, 0.3) is 0 Å². The van der Waals surface area contributed by atoms with Crippen molar-refractivity contribution < 1.29 is 40.3 Å². The van der Waals surface area contributed by atoms with E-state index in [0.29, 0.717) is 17.1 Å². The molecule has 13 heteroatoms. The number of hydrogen-bond acceptors (Lipinski definition) is 8. The molecule has 0 radical (unpaired) electrons. The summed E-state index contributed by atoms with van der Waals surface area (Å²) in [4.78, 5) is 22.1. The predicted octanol–water partition coefficient (Wildman–Crippen LogP) is -0.164. The van der Waals surface area contributed by atoms with E-state index in [0.717, 1.165) is 6.07 Å². The van der Waals surface area contributed by atoms with Gasteiger partial charge < -0.3 is 4.74 Å². The minimum absolute atomic E-state index is 0.0144. The van der Waals surface area contributed by atoms with Crippen molar-refractivity contribution in [3.8, 4) is 0 Å². The van der Waals surface area contributed by atoms with Gasteiger partial charge in [0.25, 0.3) is 26.1 Å². The number of hydrogen-bond donors (Lipinski definition) is 2. The van der Waals surface area contributed by atoms with Crippen LogP contribution in [0.15, 0.2) is 33.1 Å². The van der Waals surface area contributed by atoms with Gasteiger partial charge in [0.15, 0.2) is 5.71 Å². The number of amides is 1. The fourth-order valence-corrected chi connectivity index (χ4v) is 3.14. The summed E-state index contributed by atoms with van der Waals surface area (Å²) in [5.74, 6) is -1.77. The van der Waals surface area contributed by atoms with Gasteiger partial charge >= 0.3 is 5.97 Å². The van der Waals surface area contributed by atoms with Crippen LogP contribution >= 0.6 is 0 Å². The lowest BCUT2D eigenvalue weighted by Gasteiger charge is -2.15. The molecule has 0 unspecified atom stereocenters. The highest BCUT2D eigenvalue weighted by Gasteiger charge is 2.34. The first-order valence-electron chi connectivity index (χ1n) is 6.61. The summed E-state index contributed by atoms with van der Waals surface area (Å²) in [5.41, 5.74) is -0.965. The monoisotopic (exact) mass is 392 g/mol. The molecule has 0 atom stereocenters. The third-order valence-corrected chi connectivity index (χ3v) is 4.77. The Bertz CT molecular complexity index is 980. The van der Waals surface area contributed by atoms with Crippen molar-refractivity contribution in [1.29, 1.82) is 0 Å². The first kappa shape index (κ1) is 19.0. The molecule has 0 spiro atoms. The molecule has 1 aromatic rings. The first-order chi connectivity index (χ1) is 11.4. The molecule has 0 bridgehead atoms. The number of ether oxygens (including phenoxy) is 1. The van der Waals surface area contributed by atoms with Gasteiger partial charge in [-0.15, -0.1) is 0 Å². The van der Waals surface area contributed by atoms with Gasteiger partial charge in [-0.05, 0) is 25.1 Å². The maximum Gasteiger partial charge on any atom is 0.355 e. The molecule has 2 N–H and O–H groups in total. The lowest BCUT2D eigenvalue weighted by atomic mass is 10.2. The Balaban J connectivity index is 2.63. The quantitative estimate of drug-likeness (QED) is 0.510. The molecule has 1 amide bonds. The average molecular weight is 392 g/mol. The minimum atomic E-state index is -4.86. The number of nitrogens with zero attached hydrogens (tertiary/aromatic N) is 2. The third kappa shape index (κ3) is 4.01. The predicted molar refractivity (Wildman–Crippen MR) is 82.2 cm³/mol. The maximum absolute atomic E-state index is 12.0. The van der Waals surface area contributed by atoms with Gasteiger partial charge in [-0.1, -0.05) is 0 Å². The van der Waals surface area contributed by atoms with E-state index in [1.165, 1.54) is 6.92 Å². The second kappa shape index (κ2) is 6.51. The molecule has 0 saturated carbocycles. The number of carbonyl (C=O) groups excluding carboxylic acids is 2. The average Bonchev–Trinajstić information content (AvgIpc) is 2.87. The Morgan fingerprint density at radius 2 is 1.88 bits per heavy atom. The zero-order chi connectivity index (χ0) is 19.0. The molecule has 0 aromatic heterocycles. The van der Waals surface area contributed by atoms with E-state index >= 15 is 0 Å². The van der Waals surface area contributed by atoms with Crippen LogP contribution in [-0.4, -0.2) is 50.1 Å². The molecule has 1 aliphatic heterocycles. The van der Waals surface area contributed by atoms with Gasteiger partial charge in [0.2, 0.25) is 0 Å². The second-order valence-corrected chi connectivity index (χ2v) is 7.54. The first-order valence-corrected chi connectivity index (χ1v) is 9.49. The Morgan fingerprint density at radius 1 is 1.24 bits per heavy atom. The highest BCUT2D eigenvalue weighted by molar-refractivity contribution is 7.86. The van der Waals surface area contributed by atoms with Crippen LogP contribution < -0.4 is 5.01 Å². The van der Waals surface area contributed by atoms with E-state index in [1.807, 2.05) is 0 Å². The van der Waals surface area contributed by atoms with Crippen LogP contribution in [0, 0.1) is 0 Å². The SMILES string of the molecule is CCOC(=O)C1=NN(c2cc(S(=O)(=O)O)ccc2S(=O)(=O)O)C(=O)C1. The molecule has 136 valence electrons. The van der Waals surface area contributed by atoms with Crippen molar-refractivity contribution in [2.45, 2.75) is 23.1 Å². The van der Waals surface area contributed by atoms with Gasteiger partial charge in [0.1, 0.15) is 4.90 Å². The van der Waals surface area contributed by atoms with Crippen molar-refractivity contribution in [2.24, 2.45) is 5.10 Å². The lowest BCUT2D eigenvalue weighted by molar-refractivity contribution is -0.135. The molecule has 0 saturated heterocycles. The van der Waals surface area contributed by atoms with Gasteiger partial charge in [0, 0.05) is 0 Å². The summed E-state index contributed by atoms with van der Waals surface area (Å²) in [6.07, 6.45) is -0.514. The zero-order valence-electron chi connectivity index (χ0n) is 12.6. The molecular formula is C12H12N2O9S2. The summed E-state index contributed by atoms with van der Waals surface area (Å²) in [6.45, 7) is 1.54. The molecule has 1 aliphatic rings. The summed E-state index contributed by atoms with van der Waals surface area (Å²) in [7, 11) is -9.59. The Hall–Kier alpha value is -2.35. The molecule has 11 nitrogen and oxygen atoms in total. The van der Waals surface area contributed by atoms with Crippen LogP contribution in [0.3, 0.4) is 0 Å². The van der Waals surface area contributed by atoms with E-state index < -0.39 is 54.0 Å². The third-order valence-electron chi connectivity index (χ3n) is 3.02. The fourth-order valence-electron chi connectivity index (χ4n) is 1.99. The van der Waals surface area contributed by atoms with Gasteiger partial charge in [-0.3, -0.25) is 13.9 Å². The van der Waals surface area contributed by atoms with Crippen LogP contribution in [0.1, 0.15) is 13.3 Å². The van der Waals surface area contributed by atoms with Gasteiger partial charge in [-0.25, -0.2) is 4.79 Å². The number of carbonyl (C=O) groups is 2. The van der Waals surface area contributed by atoms with Crippen molar-refractivity contribution >= 4 is 43.5 Å². The van der Waals surface area contributed by atoms with Crippen molar-refractivity contribution in [1.82, 2.24) is 0 Å². The van der Waals surface area contributed by atoms with Gasteiger partial charge in [-0.2, -0.15) is 26.9 Å². The number of hydrazone groups is 1. The summed E-state index contributed by atoms with van der Waals surface area (Å²) >= 11 is 0. The summed E-state index contributed by atoms with van der Waals surface area (Å²) in [5, 5.41) is 4.08. The van der Waals surface area contributed by atoms with Crippen LogP contribution in [0.4, 0.5) is 5.69 Å². The highest BCUT2D eigenvalue weighted by Crippen LogP contribution is 2.31. The molecular weight excluding hydrogens is 380 g/mol. The van der Waals surface area contributed by atoms with Crippen LogP contribution in [0.2, 0.25) is 0 Å².